The Hall–Kier alpha value is -1.66. The van der Waals surface area contributed by atoms with Crippen molar-refractivity contribution in [1.82, 2.24) is 4.98 Å². The molecule has 0 N–H and O–H groups in total. The van der Waals surface area contributed by atoms with Crippen molar-refractivity contribution in [2.45, 2.75) is 6.42 Å². The lowest BCUT2D eigenvalue weighted by molar-refractivity contribution is -0.145. The molecule has 104 valence electrons. The van der Waals surface area contributed by atoms with Gasteiger partial charge in [0, 0.05) is 13.0 Å². The van der Waals surface area contributed by atoms with E-state index in [4.69, 9.17) is 11.6 Å². The Kier molecular flexibility index (Phi) is 3.35. The minimum atomic E-state index is -0.421. The van der Waals surface area contributed by atoms with E-state index in [2.05, 4.69) is 9.72 Å². The number of fused-ring (bicyclic) bond motifs is 1. The van der Waals surface area contributed by atoms with Gasteiger partial charge in [0.2, 0.25) is 5.91 Å². The lowest BCUT2D eigenvalue weighted by Crippen LogP contribution is -2.25. The number of ether oxygens (including phenoxy) is 1. The van der Waals surface area contributed by atoms with Crippen LogP contribution in [0.25, 0.3) is 10.2 Å². The molecule has 1 aliphatic heterocycles. The fourth-order valence-corrected chi connectivity index (χ4v) is 3.53. The summed E-state index contributed by atoms with van der Waals surface area (Å²) < 4.78 is 5.61. The summed E-state index contributed by atoms with van der Waals surface area (Å²) in [6.07, 6.45) is 0.163. The van der Waals surface area contributed by atoms with Crippen molar-refractivity contribution in [1.29, 1.82) is 0 Å². The molecular weight excluding hydrogens is 300 g/mol. The van der Waals surface area contributed by atoms with Crippen LogP contribution in [-0.4, -0.2) is 30.5 Å². The van der Waals surface area contributed by atoms with Crippen LogP contribution in [0.4, 0.5) is 5.13 Å². The lowest BCUT2D eigenvalue weighted by Gasteiger charge is -2.11. The molecule has 5 nitrogen and oxygen atoms in total. The zero-order valence-corrected chi connectivity index (χ0v) is 12.2. The second-order valence-electron chi connectivity index (χ2n) is 4.51. The zero-order valence-electron chi connectivity index (χ0n) is 10.6. The van der Waals surface area contributed by atoms with Crippen molar-refractivity contribution in [2.75, 3.05) is 18.6 Å². The van der Waals surface area contributed by atoms with Crippen LogP contribution in [0.15, 0.2) is 18.2 Å². The van der Waals surface area contributed by atoms with E-state index < -0.39 is 5.92 Å². The number of halogens is 1. The van der Waals surface area contributed by atoms with E-state index in [9.17, 15) is 9.59 Å². The number of thiazole rings is 1. The van der Waals surface area contributed by atoms with Gasteiger partial charge >= 0.3 is 5.97 Å². The number of anilines is 1. The van der Waals surface area contributed by atoms with Gasteiger partial charge in [-0.25, -0.2) is 4.98 Å². The molecule has 0 saturated carbocycles. The first kappa shape index (κ1) is 13.3. The maximum atomic E-state index is 12.0. The molecule has 1 atom stereocenters. The second-order valence-corrected chi connectivity index (χ2v) is 5.93. The minimum Gasteiger partial charge on any atom is -0.469 e. The number of esters is 1. The number of hydrogen-bond acceptors (Lipinski definition) is 5. The quantitative estimate of drug-likeness (QED) is 0.800. The van der Waals surface area contributed by atoms with E-state index >= 15 is 0 Å². The van der Waals surface area contributed by atoms with Crippen LogP contribution in [0, 0.1) is 5.92 Å². The summed E-state index contributed by atoms with van der Waals surface area (Å²) in [5.74, 6) is -0.898. The number of nitrogens with zero attached hydrogens (tertiary/aromatic N) is 2. The molecule has 0 aliphatic carbocycles. The molecule has 1 aromatic carbocycles. The Morgan fingerprint density at radius 2 is 2.35 bits per heavy atom. The largest absolute Gasteiger partial charge is 0.469 e. The average Bonchev–Trinajstić information content (AvgIpc) is 3.02. The standard InChI is InChI=1S/C13H11ClN2O3S/c1-19-12(18)7-5-10(17)16(6-7)13-15-11-8(14)3-2-4-9(11)20-13/h2-4,7H,5-6H2,1H3. The van der Waals surface area contributed by atoms with Crippen molar-refractivity contribution in [3.8, 4) is 0 Å². The molecule has 1 aromatic heterocycles. The first-order chi connectivity index (χ1) is 9.60. The topological polar surface area (TPSA) is 59.5 Å². The van der Waals surface area contributed by atoms with Crippen LogP contribution in [0.1, 0.15) is 6.42 Å². The number of amides is 1. The molecule has 20 heavy (non-hydrogen) atoms. The van der Waals surface area contributed by atoms with Gasteiger partial charge in [-0.2, -0.15) is 0 Å². The lowest BCUT2D eigenvalue weighted by atomic mass is 10.1. The van der Waals surface area contributed by atoms with E-state index in [1.165, 1.54) is 23.3 Å². The minimum absolute atomic E-state index is 0.115. The summed E-state index contributed by atoms with van der Waals surface area (Å²) in [4.78, 5) is 29.5. The first-order valence-electron chi connectivity index (χ1n) is 6.03. The van der Waals surface area contributed by atoms with Crippen LogP contribution in [0.2, 0.25) is 5.02 Å². The highest BCUT2D eigenvalue weighted by molar-refractivity contribution is 7.22. The Morgan fingerprint density at radius 1 is 1.55 bits per heavy atom. The molecule has 1 saturated heterocycles. The molecular formula is C13H11ClN2O3S. The van der Waals surface area contributed by atoms with Gasteiger partial charge in [-0.15, -0.1) is 0 Å². The third-order valence-corrected chi connectivity index (χ3v) is 4.60. The highest BCUT2D eigenvalue weighted by Crippen LogP contribution is 2.35. The molecule has 1 unspecified atom stereocenters. The van der Waals surface area contributed by atoms with Crippen LogP contribution in [-0.2, 0) is 14.3 Å². The number of para-hydroxylation sites is 1. The monoisotopic (exact) mass is 310 g/mol. The van der Waals surface area contributed by atoms with Crippen molar-refractivity contribution < 1.29 is 14.3 Å². The smallest absolute Gasteiger partial charge is 0.311 e. The summed E-state index contributed by atoms with van der Waals surface area (Å²) >= 11 is 7.47. The summed E-state index contributed by atoms with van der Waals surface area (Å²) in [6.45, 7) is 0.308. The number of methoxy groups -OCH3 is 1. The highest BCUT2D eigenvalue weighted by atomic mass is 35.5. The molecule has 1 aliphatic rings. The molecule has 0 bridgehead atoms. The van der Waals surface area contributed by atoms with Gasteiger partial charge in [0.1, 0.15) is 5.52 Å². The Labute approximate surface area is 124 Å². The van der Waals surface area contributed by atoms with Crippen LogP contribution in [0.3, 0.4) is 0 Å². The first-order valence-corrected chi connectivity index (χ1v) is 7.23. The average molecular weight is 311 g/mol. The highest BCUT2D eigenvalue weighted by Gasteiger charge is 2.37. The SMILES string of the molecule is COC(=O)C1CC(=O)N(c2nc3c(Cl)cccc3s2)C1. The van der Waals surface area contributed by atoms with Crippen molar-refractivity contribution >= 4 is 50.2 Å². The molecule has 1 amide bonds. The van der Waals surface area contributed by atoms with Gasteiger partial charge in [-0.1, -0.05) is 29.0 Å². The zero-order chi connectivity index (χ0) is 14.3. The van der Waals surface area contributed by atoms with Crippen molar-refractivity contribution in [3.63, 3.8) is 0 Å². The third-order valence-electron chi connectivity index (χ3n) is 3.25. The number of benzene rings is 1. The van der Waals surface area contributed by atoms with Crippen molar-refractivity contribution in [3.05, 3.63) is 23.2 Å². The predicted molar refractivity (Wildman–Crippen MR) is 77.1 cm³/mol. The molecule has 2 heterocycles. The number of carbonyl (C=O) groups is 2. The van der Waals surface area contributed by atoms with Crippen LogP contribution in [0.5, 0.6) is 0 Å². The van der Waals surface area contributed by atoms with Gasteiger partial charge in [-0.05, 0) is 12.1 Å². The number of rotatable bonds is 2. The molecule has 1 fully saturated rings. The normalized spacial score (nSPS) is 18.8. The molecule has 0 radical (unpaired) electrons. The summed E-state index contributed by atoms with van der Waals surface area (Å²) in [5, 5.41) is 1.13. The van der Waals surface area contributed by atoms with E-state index in [-0.39, 0.29) is 18.3 Å². The molecule has 0 spiro atoms. The van der Waals surface area contributed by atoms with Gasteiger partial charge in [0.25, 0.3) is 0 Å². The molecule has 3 rings (SSSR count). The van der Waals surface area contributed by atoms with Gasteiger partial charge < -0.3 is 4.74 Å². The van der Waals surface area contributed by atoms with E-state index in [0.29, 0.717) is 22.2 Å². The van der Waals surface area contributed by atoms with Gasteiger partial charge in [-0.3, -0.25) is 14.5 Å². The second kappa shape index (κ2) is 5.03. The predicted octanol–water partition coefficient (Wildman–Crippen LogP) is 2.48. The van der Waals surface area contributed by atoms with E-state index in [0.717, 1.165) is 4.70 Å². The maximum absolute atomic E-state index is 12.0. The Morgan fingerprint density at radius 3 is 3.05 bits per heavy atom. The van der Waals surface area contributed by atoms with Crippen molar-refractivity contribution in [2.24, 2.45) is 5.92 Å². The summed E-state index contributed by atoms with van der Waals surface area (Å²) in [6, 6.07) is 5.51. The Balaban J connectivity index is 1.93. The molecule has 2 aromatic rings. The van der Waals surface area contributed by atoms with Gasteiger partial charge in [0.05, 0.1) is 22.8 Å². The van der Waals surface area contributed by atoms with Crippen LogP contribution < -0.4 is 4.90 Å². The maximum Gasteiger partial charge on any atom is 0.311 e. The van der Waals surface area contributed by atoms with E-state index in [1.807, 2.05) is 12.1 Å². The molecule has 7 heteroatoms. The summed E-state index contributed by atoms with van der Waals surface area (Å²) in [5.41, 5.74) is 0.684. The Bertz CT molecular complexity index is 700. The number of aromatic nitrogens is 1. The fraction of sp³-hybridized carbons (Fsp3) is 0.308. The number of carbonyl (C=O) groups excluding carboxylic acids is 2. The summed E-state index contributed by atoms with van der Waals surface area (Å²) in [7, 11) is 1.33. The van der Waals surface area contributed by atoms with Gasteiger partial charge in [0.15, 0.2) is 5.13 Å². The fourth-order valence-electron chi connectivity index (χ4n) is 2.24. The third kappa shape index (κ3) is 2.14. The number of hydrogen-bond donors (Lipinski definition) is 0. The van der Waals surface area contributed by atoms with Crippen LogP contribution >= 0.6 is 22.9 Å². The van der Waals surface area contributed by atoms with E-state index in [1.54, 1.807) is 6.07 Å².